The zero-order chi connectivity index (χ0) is 20.6. The highest BCUT2D eigenvalue weighted by atomic mass is 19.1. The Morgan fingerprint density at radius 3 is 2.93 bits per heavy atom. The largest absolute Gasteiger partial charge is 0.378 e. The van der Waals surface area contributed by atoms with Crippen LogP contribution in [-0.4, -0.2) is 41.0 Å². The highest BCUT2D eigenvalue weighted by Crippen LogP contribution is 2.47. The van der Waals surface area contributed by atoms with Gasteiger partial charge in [-0.1, -0.05) is 19.9 Å². The average molecular weight is 399 g/mol. The summed E-state index contributed by atoms with van der Waals surface area (Å²) in [5.41, 5.74) is 0.951. The number of rotatable bonds is 7. The molecule has 1 unspecified atom stereocenters. The normalized spacial score (nSPS) is 22.8. The fourth-order valence-corrected chi connectivity index (χ4v) is 4.01. The first-order valence-corrected chi connectivity index (χ1v) is 10.1. The van der Waals surface area contributed by atoms with Crippen molar-refractivity contribution in [1.29, 1.82) is 0 Å². The number of nitrogens with zero attached hydrogens (tertiary/aromatic N) is 2. The van der Waals surface area contributed by atoms with Gasteiger partial charge in [0.1, 0.15) is 0 Å². The summed E-state index contributed by atoms with van der Waals surface area (Å²) in [5, 5.41) is 2.76. The van der Waals surface area contributed by atoms with Crippen LogP contribution in [0, 0.1) is 17.2 Å². The number of carbonyl (C=O) groups is 2. The number of amides is 2. The quantitative estimate of drug-likeness (QED) is 0.715. The summed E-state index contributed by atoms with van der Waals surface area (Å²) in [6.07, 6.45) is 10.2. The third kappa shape index (κ3) is 3.96. The van der Waals surface area contributed by atoms with Crippen molar-refractivity contribution in [2.75, 3.05) is 13.2 Å². The maximum absolute atomic E-state index is 13.8. The van der Waals surface area contributed by atoms with Crippen molar-refractivity contribution < 1.29 is 18.7 Å². The number of carbonyl (C=O) groups excluding carboxylic acids is 2. The van der Waals surface area contributed by atoms with E-state index in [1.165, 1.54) is 12.3 Å². The number of hydrogen-bond acceptors (Lipinski definition) is 4. The van der Waals surface area contributed by atoms with E-state index in [4.69, 9.17) is 4.74 Å². The van der Waals surface area contributed by atoms with Gasteiger partial charge < -0.3 is 15.0 Å². The molecular formula is C22H26FN3O3. The lowest BCUT2D eigenvalue weighted by Crippen LogP contribution is -2.32. The Bertz CT molecular complexity index is 889. The predicted molar refractivity (Wildman–Crippen MR) is 105 cm³/mol. The third-order valence-electron chi connectivity index (χ3n) is 5.89. The van der Waals surface area contributed by atoms with Crippen molar-refractivity contribution in [1.82, 2.24) is 15.2 Å². The molecular weight excluding hydrogens is 373 g/mol. The second-order valence-corrected chi connectivity index (χ2v) is 8.43. The Hall–Kier alpha value is -2.54. The van der Waals surface area contributed by atoms with Crippen molar-refractivity contribution in [3.05, 3.63) is 53.4 Å². The van der Waals surface area contributed by atoms with Gasteiger partial charge in [0.25, 0.3) is 5.91 Å². The molecule has 0 bridgehead atoms. The standard InChI is InChI=1S/C22H26FN3O3/c1-22(2)17-7-4-14(25-20(27)16-8-9-24-13-18(16)23)12-19(17)26(21(22)28)10-3-11-29-15-5-6-15/h4,8-9,12-13,15,17H,3,5-7,10-11H2,1-2H3,(H,25,27). The molecule has 1 aliphatic heterocycles. The molecule has 1 N–H and O–H groups in total. The van der Waals surface area contributed by atoms with Gasteiger partial charge in [0.2, 0.25) is 5.91 Å². The number of hydrogen-bond donors (Lipinski definition) is 1. The number of allylic oxidation sites excluding steroid dienone is 3. The van der Waals surface area contributed by atoms with Crippen molar-refractivity contribution in [2.24, 2.45) is 11.3 Å². The van der Waals surface area contributed by atoms with Crippen LogP contribution in [0.4, 0.5) is 4.39 Å². The average Bonchev–Trinajstić information content (AvgIpc) is 3.49. The minimum absolute atomic E-state index is 0.0571. The highest BCUT2D eigenvalue weighted by molar-refractivity contribution is 5.96. The Labute approximate surface area is 169 Å². The van der Waals surface area contributed by atoms with Gasteiger partial charge in [0, 0.05) is 36.7 Å². The van der Waals surface area contributed by atoms with Crippen molar-refractivity contribution in [2.45, 2.75) is 45.6 Å². The molecule has 0 aromatic carbocycles. The number of fused-ring (bicyclic) bond motifs is 1. The smallest absolute Gasteiger partial charge is 0.258 e. The lowest BCUT2D eigenvalue weighted by Gasteiger charge is -2.26. The maximum Gasteiger partial charge on any atom is 0.258 e. The number of aromatic nitrogens is 1. The molecule has 4 rings (SSSR count). The molecule has 2 fully saturated rings. The van der Waals surface area contributed by atoms with E-state index in [-0.39, 0.29) is 17.4 Å². The molecule has 29 heavy (non-hydrogen) atoms. The van der Waals surface area contributed by atoms with E-state index in [0.717, 1.165) is 31.2 Å². The molecule has 1 atom stereocenters. The molecule has 3 aliphatic rings. The van der Waals surface area contributed by atoms with Crippen LogP contribution in [0.25, 0.3) is 0 Å². The van der Waals surface area contributed by atoms with Gasteiger partial charge in [-0.15, -0.1) is 0 Å². The summed E-state index contributed by atoms with van der Waals surface area (Å²) in [6, 6.07) is 1.35. The van der Waals surface area contributed by atoms with Gasteiger partial charge in [0.15, 0.2) is 5.82 Å². The van der Waals surface area contributed by atoms with Crippen molar-refractivity contribution >= 4 is 11.8 Å². The number of ether oxygens (including phenoxy) is 1. The van der Waals surface area contributed by atoms with E-state index in [2.05, 4.69) is 10.3 Å². The van der Waals surface area contributed by atoms with Crippen LogP contribution in [0.2, 0.25) is 0 Å². The Morgan fingerprint density at radius 2 is 2.21 bits per heavy atom. The fraction of sp³-hybridized carbons (Fsp3) is 0.500. The molecule has 6 nitrogen and oxygen atoms in total. The third-order valence-corrected chi connectivity index (χ3v) is 5.89. The van der Waals surface area contributed by atoms with Crippen LogP contribution in [0.3, 0.4) is 0 Å². The van der Waals surface area contributed by atoms with E-state index < -0.39 is 17.1 Å². The molecule has 0 spiro atoms. The molecule has 2 aliphatic carbocycles. The second-order valence-electron chi connectivity index (χ2n) is 8.43. The number of likely N-dealkylation sites (tertiary alicyclic amines) is 1. The molecule has 1 saturated heterocycles. The highest BCUT2D eigenvalue weighted by Gasteiger charge is 2.50. The molecule has 2 amide bonds. The lowest BCUT2D eigenvalue weighted by molar-refractivity contribution is -0.134. The van der Waals surface area contributed by atoms with Crippen LogP contribution in [0.1, 0.15) is 49.9 Å². The Balaban J connectivity index is 1.47. The first-order valence-electron chi connectivity index (χ1n) is 10.1. The molecule has 7 heteroatoms. The summed E-state index contributed by atoms with van der Waals surface area (Å²) < 4.78 is 19.5. The minimum Gasteiger partial charge on any atom is -0.378 e. The molecule has 154 valence electrons. The summed E-state index contributed by atoms with van der Waals surface area (Å²) >= 11 is 0. The van der Waals surface area contributed by atoms with Gasteiger partial charge in [-0.3, -0.25) is 14.6 Å². The van der Waals surface area contributed by atoms with E-state index in [0.29, 0.717) is 31.4 Å². The van der Waals surface area contributed by atoms with E-state index in [1.54, 1.807) is 0 Å². The van der Waals surface area contributed by atoms with Gasteiger partial charge in [-0.2, -0.15) is 0 Å². The molecule has 2 heterocycles. The SMILES string of the molecule is CC1(C)C(=O)N(CCCOC2CC2)C2=CC(NC(=O)c3ccncc3F)=CCC21. The topological polar surface area (TPSA) is 71.5 Å². The second kappa shape index (κ2) is 7.71. The van der Waals surface area contributed by atoms with Crippen LogP contribution in [-0.2, 0) is 9.53 Å². The number of nitrogens with one attached hydrogen (secondary N) is 1. The summed E-state index contributed by atoms with van der Waals surface area (Å²) in [5.74, 6) is -1.03. The van der Waals surface area contributed by atoms with Gasteiger partial charge in [0.05, 0.1) is 23.3 Å². The van der Waals surface area contributed by atoms with Crippen molar-refractivity contribution in [3.63, 3.8) is 0 Å². The molecule has 1 aromatic rings. The van der Waals surface area contributed by atoms with Crippen LogP contribution in [0.15, 0.2) is 42.0 Å². The fourth-order valence-electron chi connectivity index (χ4n) is 4.01. The number of halogens is 1. The minimum atomic E-state index is -0.665. The van der Waals surface area contributed by atoms with Crippen LogP contribution in [0.5, 0.6) is 0 Å². The van der Waals surface area contributed by atoms with Gasteiger partial charge in [-0.05, 0) is 37.8 Å². The predicted octanol–water partition coefficient (Wildman–Crippen LogP) is 3.18. The monoisotopic (exact) mass is 399 g/mol. The van der Waals surface area contributed by atoms with Crippen molar-refractivity contribution in [3.8, 4) is 0 Å². The molecule has 1 aromatic heterocycles. The van der Waals surface area contributed by atoms with Crippen LogP contribution < -0.4 is 5.32 Å². The lowest BCUT2D eigenvalue weighted by atomic mass is 9.76. The van der Waals surface area contributed by atoms with Gasteiger partial charge in [-0.25, -0.2) is 4.39 Å². The zero-order valence-electron chi connectivity index (χ0n) is 16.8. The van der Waals surface area contributed by atoms with E-state index in [9.17, 15) is 14.0 Å². The molecule has 0 radical (unpaired) electrons. The van der Waals surface area contributed by atoms with Crippen LogP contribution >= 0.6 is 0 Å². The van der Waals surface area contributed by atoms with Gasteiger partial charge >= 0.3 is 0 Å². The van der Waals surface area contributed by atoms with E-state index in [1.807, 2.05) is 30.9 Å². The summed E-state index contributed by atoms with van der Waals surface area (Å²) in [4.78, 5) is 30.9. The summed E-state index contributed by atoms with van der Waals surface area (Å²) in [6.45, 7) is 5.18. The first kappa shape index (κ1) is 19.8. The molecule has 1 saturated carbocycles. The first-order chi connectivity index (χ1) is 13.9. The number of pyridine rings is 1. The Morgan fingerprint density at radius 1 is 1.41 bits per heavy atom. The Kier molecular flexibility index (Phi) is 5.25. The summed E-state index contributed by atoms with van der Waals surface area (Å²) in [7, 11) is 0. The maximum atomic E-state index is 13.8. The van der Waals surface area contributed by atoms with E-state index >= 15 is 0 Å². The zero-order valence-corrected chi connectivity index (χ0v) is 16.8.